The molecule has 1 N–H and O–H groups in total. The van der Waals surface area contributed by atoms with Crippen LogP contribution in [-0.2, 0) is 6.54 Å². The monoisotopic (exact) mass is 301 g/mol. The van der Waals surface area contributed by atoms with Crippen molar-refractivity contribution in [3.8, 4) is 0 Å². The molecule has 0 saturated heterocycles. The van der Waals surface area contributed by atoms with Gasteiger partial charge in [0.15, 0.2) is 0 Å². The van der Waals surface area contributed by atoms with E-state index < -0.39 is 0 Å². The summed E-state index contributed by atoms with van der Waals surface area (Å²) < 4.78 is 1.21. The third-order valence-corrected chi connectivity index (χ3v) is 5.19. The summed E-state index contributed by atoms with van der Waals surface area (Å²) in [4.78, 5) is 1.43. The fraction of sp³-hybridized carbons (Fsp3) is 0.692. The van der Waals surface area contributed by atoms with Gasteiger partial charge in [-0.05, 0) is 53.2 Å². The Hall–Kier alpha value is 0.140. The zero-order chi connectivity index (χ0) is 11.4. The summed E-state index contributed by atoms with van der Waals surface area (Å²) in [7, 11) is 0. The highest BCUT2D eigenvalue weighted by Crippen LogP contribution is 2.27. The summed E-state index contributed by atoms with van der Waals surface area (Å²) in [6.07, 6.45) is 5.69. The van der Waals surface area contributed by atoms with Crippen LogP contribution in [0.2, 0.25) is 0 Å². The normalized spacial score (nSPS) is 25.9. The minimum absolute atomic E-state index is 0.916. The Morgan fingerprint density at radius 3 is 2.75 bits per heavy atom. The average molecular weight is 302 g/mol. The van der Waals surface area contributed by atoms with Crippen LogP contribution >= 0.6 is 27.3 Å². The van der Waals surface area contributed by atoms with Crippen molar-refractivity contribution in [2.45, 2.75) is 39.2 Å². The predicted octanol–water partition coefficient (Wildman–Crippen LogP) is 4.43. The Balaban J connectivity index is 1.64. The Morgan fingerprint density at radius 1 is 1.38 bits per heavy atom. The van der Waals surface area contributed by atoms with Gasteiger partial charge in [-0.25, -0.2) is 0 Å². The van der Waals surface area contributed by atoms with Crippen molar-refractivity contribution in [1.82, 2.24) is 5.32 Å². The van der Waals surface area contributed by atoms with Crippen molar-refractivity contribution in [3.05, 3.63) is 20.8 Å². The lowest BCUT2D eigenvalue weighted by molar-refractivity contribution is 0.281. The molecule has 0 amide bonds. The van der Waals surface area contributed by atoms with Gasteiger partial charge in [-0.1, -0.05) is 19.8 Å². The zero-order valence-electron chi connectivity index (χ0n) is 9.84. The van der Waals surface area contributed by atoms with Gasteiger partial charge in [0.1, 0.15) is 0 Å². The maximum absolute atomic E-state index is 3.59. The molecule has 1 saturated carbocycles. The first-order chi connectivity index (χ1) is 7.74. The van der Waals surface area contributed by atoms with Gasteiger partial charge >= 0.3 is 0 Å². The van der Waals surface area contributed by atoms with Crippen LogP contribution in [0.15, 0.2) is 15.9 Å². The minimum atomic E-state index is 0.916. The van der Waals surface area contributed by atoms with Crippen molar-refractivity contribution >= 4 is 27.3 Å². The maximum atomic E-state index is 3.59. The van der Waals surface area contributed by atoms with Gasteiger partial charge in [0.2, 0.25) is 0 Å². The Morgan fingerprint density at radius 2 is 2.12 bits per heavy atom. The largest absolute Gasteiger partial charge is 0.312 e. The molecule has 16 heavy (non-hydrogen) atoms. The molecule has 0 unspecified atom stereocenters. The molecular weight excluding hydrogens is 282 g/mol. The number of nitrogens with one attached hydrogen (secondary N) is 1. The highest BCUT2D eigenvalue weighted by molar-refractivity contribution is 9.10. The summed E-state index contributed by atoms with van der Waals surface area (Å²) in [5.41, 5.74) is 0. The lowest BCUT2D eigenvalue weighted by Crippen LogP contribution is -2.25. The lowest BCUT2D eigenvalue weighted by Gasteiger charge is -2.26. The molecule has 0 aliphatic heterocycles. The molecule has 1 aliphatic rings. The Labute approximate surface area is 111 Å². The predicted molar refractivity (Wildman–Crippen MR) is 74.8 cm³/mol. The second-order valence-corrected chi connectivity index (χ2v) is 6.90. The van der Waals surface area contributed by atoms with E-state index >= 15 is 0 Å². The van der Waals surface area contributed by atoms with Gasteiger partial charge in [0.05, 0.1) is 0 Å². The fourth-order valence-electron chi connectivity index (χ4n) is 2.38. The molecule has 1 aromatic rings. The molecule has 0 bridgehead atoms. The van der Waals surface area contributed by atoms with Gasteiger partial charge in [-0.15, -0.1) is 11.3 Å². The van der Waals surface area contributed by atoms with E-state index in [4.69, 9.17) is 0 Å². The minimum Gasteiger partial charge on any atom is -0.312 e. The van der Waals surface area contributed by atoms with Crippen molar-refractivity contribution < 1.29 is 0 Å². The van der Waals surface area contributed by atoms with Crippen LogP contribution < -0.4 is 5.32 Å². The van der Waals surface area contributed by atoms with Gasteiger partial charge in [-0.2, -0.15) is 0 Å². The van der Waals surface area contributed by atoms with Crippen molar-refractivity contribution in [1.29, 1.82) is 0 Å². The number of halogens is 1. The molecule has 0 radical (unpaired) electrons. The van der Waals surface area contributed by atoms with Crippen LogP contribution in [0.25, 0.3) is 0 Å². The highest BCUT2D eigenvalue weighted by Gasteiger charge is 2.17. The smallest absolute Gasteiger partial charge is 0.0300 e. The molecular formula is C13H20BrNS. The molecule has 90 valence electrons. The molecule has 1 heterocycles. The molecule has 3 heteroatoms. The van der Waals surface area contributed by atoms with Crippen LogP contribution in [-0.4, -0.2) is 6.54 Å². The van der Waals surface area contributed by atoms with Gasteiger partial charge < -0.3 is 5.32 Å². The maximum Gasteiger partial charge on any atom is 0.0300 e. The lowest BCUT2D eigenvalue weighted by atomic mass is 9.83. The van der Waals surface area contributed by atoms with E-state index in [1.54, 1.807) is 0 Å². The topological polar surface area (TPSA) is 12.0 Å². The van der Waals surface area contributed by atoms with Crippen LogP contribution in [0, 0.1) is 11.8 Å². The first-order valence-electron chi connectivity index (χ1n) is 6.17. The first kappa shape index (κ1) is 12.6. The summed E-state index contributed by atoms with van der Waals surface area (Å²) in [6.45, 7) is 4.61. The van der Waals surface area contributed by atoms with Crippen LogP contribution in [0.4, 0.5) is 0 Å². The summed E-state index contributed by atoms with van der Waals surface area (Å²) >= 11 is 5.32. The quantitative estimate of drug-likeness (QED) is 0.868. The second-order valence-electron chi connectivity index (χ2n) is 4.99. The van der Waals surface area contributed by atoms with Gasteiger partial charge in [-0.3, -0.25) is 0 Å². The van der Waals surface area contributed by atoms with Gasteiger partial charge in [0.25, 0.3) is 0 Å². The molecule has 1 aliphatic carbocycles. The average Bonchev–Trinajstić information content (AvgIpc) is 2.67. The number of rotatable bonds is 4. The Kier molecular flexibility index (Phi) is 4.86. The summed E-state index contributed by atoms with van der Waals surface area (Å²) in [5.74, 6) is 1.88. The molecule has 2 rings (SSSR count). The van der Waals surface area contributed by atoms with Crippen molar-refractivity contribution in [2.75, 3.05) is 6.54 Å². The van der Waals surface area contributed by atoms with E-state index in [0.717, 1.165) is 18.4 Å². The molecule has 1 nitrogen and oxygen atoms in total. The SMILES string of the molecule is CC1CCC(CNCc2cc(Br)cs2)CC1. The Bertz CT molecular complexity index is 315. The first-order valence-corrected chi connectivity index (χ1v) is 7.85. The van der Waals surface area contributed by atoms with Crippen molar-refractivity contribution in [2.24, 2.45) is 11.8 Å². The third kappa shape index (κ3) is 3.86. The number of hydrogen-bond acceptors (Lipinski definition) is 2. The second kappa shape index (κ2) is 6.18. The molecule has 0 atom stereocenters. The van der Waals surface area contributed by atoms with E-state index in [-0.39, 0.29) is 0 Å². The summed E-state index contributed by atoms with van der Waals surface area (Å²) in [6, 6.07) is 2.21. The molecule has 0 spiro atoms. The number of thiophene rings is 1. The van der Waals surface area contributed by atoms with Crippen molar-refractivity contribution in [3.63, 3.8) is 0 Å². The third-order valence-electron chi connectivity index (χ3n) is 3.49. The standard InChI is InChI=1S/C13H20BrNS/c1-10-2-4-11(5-3-10)7-15-8-13-6-12(14)9-16-13/h6,9-11,15H,2-5,7-8H2,1H3. The fourth-order valence-corrected chi connectivity index (χ4v) is 3.80. The van der Waals surface area contributed by atoms with E-state index in [0.29, 0.717) is 0 Å². The highest BCUT2D eigenvalue weighted by atomic mass is 79.9. The zero-order valence-corrected chi connectivity index (χ0v) is 12.2. The van der Waals surface area contributed by atoms with E-state index in [1.807, 2.05) is 11.3 Å². The van der Waals surface area contributed by atoms with Crippen LogP contribution in [0.1, 0.15) is 37.5 Å². The van der Waals surface area contributed by atoms with Crippen LogP contribution in [0.5, 0.6) is 0 Å². The molecule has 1 fully saturated rings. The molecule has 0 aromatic carbocycles. The van der Waals surface area contributed by atoms with E-state index in [2.05, 4.69) is 39.6 Å². The van der Waals surface area contributed by atoms with E-state index in [9.17, 15) is 0 Å². The number of hydrogen-bond donors (Lipinski definition) is 1. The van der Waals surface area contributed by atoms with Gasteiger partial charge in [0, 0.05) is 21.3 Å². The summed E-state index contributed by atoms with van der Waals surface area (Å²) in [5, 5.41) is 5.74. The van der Waals surface area contributed by atoms with Crippen LogP contribution in [0.3, 0.4) is 0 Å². The van der Waals surface area contributed by atoms with E-state index in [1.165, 1.54) is 41.6 Å². The molecule has 1 aromatic heterocycles.